The second-order valence-electron chi connectivity index (χ2n) is 6.35. The fraction of sp³-hybridized carbons (Fsp3) is 0.200. The number of pyridine rings is 1. The van der Waals surface area contributed by atoms with Crippen molar-refractivity contribution in [1.82, 2.24) is 4.98 Å². The van der Waals surface area contributed by atoms with Crippen LogP contribution in [0.3, 0.4) is 0 Å². The van der Waals surface area contributed by atoms with Crippen LogP contribution >= 0.6 is 0 Å². The van der Waals surface area contributed by atoms with Crippen molar-refractivity contribution in [3.8, 4) is 0 Å². The number of morpholine rings is 1. The van der Waals surface area contributed by atoms with Crippen LogP contribution in [0, 0.1) is 0 Å². The standard InChI is InChI=1S/C20H18N4O4/c25-16-12-28-10-9-24(16)15-6-4-13(5-7-15)23-18-17(19(26)20(18)27)22-11-14-3-1-2-8-21-14/h1-8,22-23H,9-12H2. The molecule has 1 aromatic heterocycles. The number of anilines is 4. The van der Waals surface area contributed by atoms with Crippen molar-refractivity contribution in [2.45, 2.75) is 6.54 Å². The van der Waals surface area contributed by atoms with Crippen LogP contribution in [0.25, 0.3) is 0 Å². The minimum Gasteiger partial charge on any atom is -0.374 e. The number of carbonyl (C=O) groups excluding carboxylic acids is 1. The van der Waals surface area contributed by atoms with Gasteiger partial charge in [0.25, 0.3) is 16.8 Å². The van der Waals surface area contributed by atoms with E-state index in [1.165, 1.54) is 0 Å². The summed E-state index contributed by atoms with van der Waals surface area (Å²) >= 11 is 0. The number of rotatable bonds is 6. The van der Waals surface area contributed by atoms with Gasteiger partial charge in [0.05, 0.1) is 18.8 Å². The molecule has 2 heterocycles. The van der Waals surface area contributed by atoms with E-state index in [0.717, 1.165) is 11.4 Å². The highest BCUT2D eigenvalue weighted by atomic mass is 16.5. The van der Waals surface area contributed by atoms with E-state index in [9.17, 15) is 14.4 Å². The summed E-state index contributed by atoms with van der Waals surface area (Å²) in [5.74, 6) is -0.0876. The summed E-state index contributed by atoms with van der Waals surface area (Å²) in [6, 6.07) is 12.6. The van der Waals surface area contributed by atoms with Crippen LogP contribution in [-0.4, -0.2) is 30.6 Å². The van der Waals surface area contributed by atoms with E-state index >= 15 is 0 Å². The number of nitrogens with zero attached hydrogens (tertiary/aromatic N) is 2. The van der Waals surface area contributed by atoms with Crippen LogP contribution in [0.4, 0.5) is 22.7 Å². The van der Waals surface area contributed by atoms with Gasteiger partial charge in [-0.3, -0.25) is 19.4 Å². The van der Waals surface area contributed by atoms with Gasteiger partial charge in [0.2, 0.25) is 0 Å². The van der Waals surface area contributed by atoms with Crippen molar-refractivity contribution in [1.29, 1.82) is 0 Å². The Labute approximate surface area is 160 Å². The van der Waals surface area contributed by atoms with E-state index in [0.29, 0.717) is 25.4 Å². The molecule has 28 heavy (non-hydrogen) atoms. The van der Waals surface area contributed by atoms with Gasteiger partial charge < -0.3 is 20.3 Å². The summed E-state index contributed by atoms with van der Waals surface area (Å²) < 4.78 is 5.13. The van der Waals surface area contributed by atoms with E-state index in [4.69, 9.17) is 4.74 Å². The maximum Gasteiger partial charge on any atom is 0.253 e. The maximum atomic E-state index is 12.0. The van der Waals surface area contributed by atoms with E-state index in [1.54, 1.807) is 35.4 Å². The molecule has 0 radical (unpaired) electrons. The van der Waals surface area contributed by atoms with Crippen molar-refractivity contribution in [2.75, 3.05) is 35.3 Å². The van der Waals surface area contributed by atoms with Crippen molar-refractivity contribution in [2.24, 2.45) is 0 Å². The van der Waals surface area contributed by atoms with Gasteiger partial charge in [-0.05, 0) is 36.4 Å². The first-order chi connectivity index (χ1) is 13.6. The molecule has 0 unspecified atom stereocenters. The first-order valence-electron chi connectivity index (χ1n) is 8.86. The lowest BCUT2D eigenvalue weighted by molar-refractivity contribution is -0.125. The van der Waals surface area contributed by atoms with Gasteiger partial charge in [0, 0.05) is 24.1 Å². The van der Waals surface area contributed by atoms with Crippen molar-refractivity contribution in [3.63, 3.8) is 0 Å². The Kier molecular flexibility index (Phi) is 4.86. The predicted molar refractivity (Wildman–Crippen MR) is 106 cm³/mol. The fourth-order valence-corrected chi connectivity index (χ4v) is 3.02. The molecule has 0 saturated carbocycles. The fourth-order valence-electron chi connectivity index (χ4n) is 3.02. The number of hydrogen-bond acceptors (Lipinski definition) is 7. The van der Waals surface area contributed by atoms with Crippen LogP contribution < -0.4 is 26.4 Å². The second-order valence-corrected chi connectivity index (χ2v) is 6.35. The average molecular weight is 378 g/mol. The zero-order chi connectivity index (χ0) is 19.5. The van der Waals surface area contributed by atoms with Gasteiger partial charge >= 0.3 is 0 Å². The molecule has 1 amide bonds. The molecule has 0 spiro atoms. The summed E-state index contributed by atoms with van der Waals surface area (Å²) in [7, 11) is 0. The quantitative estimate of drug-likeness (QED) is 0.625. The monoisotopic (exact) mass is 378 g/mol. The van der Waals surface area contributed by atoms with Crippen molar-refractivity contribution < 1.29 is 9.53 Å². The molecular formula is C20H18N4O4. The van der Waals surface area contributed by atoms with Gasteiger partial charge in [0.15, 0.2) is 0 Å². The summed E-state index contributed by atoms with van der Waals surface area (Å²) in [6.45, 7) is 1.43. The zero-order valence-electron chi connectivity index (χ0n) is 15.0. The Morgan fingerprint density at radius 3 is 2.50 bits per heavy atom. The lowest BCUT2D eigenvalue weighted by Crippen LogP contribution is -2.41. The third-order valence-corrected chi connectivity index (χ3v) is 4.52. The van der Waals surface area contributed by atoms with Gasteiger partial charge in [-0.2, -0.15) is 0 Å². The van der Waals surface area contributed by atoms with Crippen LogP contribution in [0.5, 0.6) is 0 Å². The molecule has 8 nitrogen and oxygen atoms in total. The predicted octanol–water partition coefficient (Wildman–Crippen LogP) is 1.40. The Morgan fingerprint density at radius 2 is 1.79 bits per heavy atom. The highest BCUT2D eigenvalue weighted by Crippen LogP contribution is 2.24. The Morgan fingerprint density at radius 1 is 1.00 bits per heavy atom. The van der Waals surface area contributed by atoms with Gasteiger partial charge in [-0.1, -0.05) is 6.07 Å². The van der Waals surface area contributed by atoms with Gasteiger partial charge in [0.1, 0.15) is 18.0 Å². The van der Waals surface area contributed by atoms with E-state index in [1.807, 2.05) is 18.2 Å². The van der Waals surface area contributed by atoms with Crippen LogP contribution in [0.1, 0.15) is 5.69 Å². The summed E-state index contributed by atoms with van der Waals surface area (Å²) in [5.41, 5.74) is 1.56. The van der Waals surface area contributed by atoms with Gasteiger partial charge in [-0.25, -0.2) is 0 Å². The molecule has 0 bridgehead atoms. The molecule has 2 aromatic carbocycles. The van der Waals surface area contributed by atoms with Gasteiger partial charge in [-0.15, -0.1) is 0 Å². The molecule has 2 N–H and O–H groups in total. The first kappa shape index (κ1) is 17.9. The molecule has 1 aliphatic rings. The van der Waals surface area contributed by atoms with Crippen LogP contribution in [0.15, 0.2) is 58.3 Å². The molecule has 8 heteroatoms. The molecule has 1 saturated heterocycles. The minimum absolute atomic E-state index is 0.0782. The van der Waals surface area contributed by atoms with E-state index in [2.05, 4.69) is 15.6 Å². The topological polar surface area (TPSA) is 101 Å². The number of aromatic nitrogens is 1. The normalized spacial score (nSPS) is 14.3. The molecule has 1 fully saturated rings. The third-order valence-electron chi connectivity index (χ3n) is 4.52. The number of ether oxygens (including phenoxy) is 1. The summed E-state index contributed by atoms with van der Waals surface area (Å²) in [5, 5.41) is 5.96. The molecule has 4 rings (SSSR count). The van der Waals surface area contributed by atoms with Crippen LogP contribution in [-0.2, 0) is 16.1 Å². The molecule has 142 valence electrons. The number of hydrogen-bond donors (Lipinski definition) is 2. The largest absolute Gasteiger partial charge is 0.374 e. The Hall–Kier alpha value is -3.52. The average Bonchev–Trinajstić information content (AvgIpc) is 2.74. The molecule has 3 aromatic rings. The Bertz CT molecular complexity index is 1060. The van der Waals surface area contributed by atoms with Crippen molar-refractivity contribution >= 4 is 28.7 Å². The number of carbonyl (C=O) groups is 1. The summed E-state index contributed by atoms with van der Waals surface area (Å²) in [6.07, 6.45) is 1.67. The SMILES string of the molecule is O=C1COCCN1c1ccc(Nc2c(NCc3ccccn3)c(=O)c2=O)cc1. The first-order valence-corrected chi connectivity index (χ1v) is 8.86. The zero-order valence-corrected chi connectivity index (χ0v) is 15.0. The molecule has 0 aliphatic carbocycles. The minimum atomic E-state index is -0.559. The molecule has 0 atom stereocenters. The lowest BCUT2D eigenvalue weighted by Gasteiger charge is -2.27. The highest BCUT2D eigenvalue weighted by Gasteiger charge is 2.22. The van der Waals surface area contributed by atoms with Crippen LogP contribution in [0.2, 0.25) is 0 Å². The number of nitrogens with one attached hydrogen (secondary N) is 2. The third kappa shape index (κ3) is 3.49. The molecular weight excluding hydrogens is 360 g/mol. The van der Waals surface area contributed by atoms with Crippen molar-refractivity contribution in [3.05, 3.63) is 74.8 Å². The lowest BCUT2D eigenvalue weighted by atomic mass is 10.1. The highest BCUT2D eigenvalue weighted by molar-refractivity contribution is 5.95. The number of benzene rings is 1. The smallest absolute Gasteiger partial charge is 0.253 e. The maximum absolute atomic E-state index is 12.0. The summed E-state index contributed by atoms with van der Waals surface area (Å²) in [4.78, 5) is 41.6. The number of amides is 1. The second kappa shape index (κ2) is 7.61. The molecule has 1 aliphatic heterocycles. The Balaban J connectivity index is 1.46. The van der Waals surface area contributed by atoms with E-state index < -0.39 is 10.9 Å². The van der Waals surface area contributed by atoms with E-state index in [-0.39, 0.29) is 23.9 Å².